The van der Waals surface area contributed by atoms with Crippen LogP contribution in [0, 0.1) is 11.7 Å². The second-order valence-corrected chi connectivity index (χ2v) is 9.62. The SMILES string of the molecule is O=C(NC(=S)N[C@@]1(c2cc(Br)ccc2F)CO[C@H](C(F)(F)F)[C@H]1COC(=O)n1ccnc1)c1ccccc1. The van der Waals surface area contributed by atoms with Crippen LogP contribution in [0.4, 0.5) is 22.4 Å². The number of alkyl halides is 3. The third-order valence-electron chi connectivity index (χ3n) is 5.92. The van der Waals surface area contributed by atoms with Crippen molar-refractivity contribution < 1.29 is 36.6 Å². The van der Waals surface area contributed by atoms with Gasteiger partial charge < -0.3 is 14.8 Å². The molecule has 0 saturated carbocycles. The van der Waals surface area contributed by atoms with E-state index in [-0.39, 0.29) is 16.2 Å². The van der Waals surface area contributed by atoms with Crippen molar-refractivity contribution in [2.45, 2.75) is 17.8 Å². The lowest BCUT2D eigenvalue weighted by Gasteiger charge is -2.37. The van der Waals surface area contributed by atoms with Crippen molar-refractivity contribution in [3.05, 3.63) is 88.7 Å². The normalized spacial score (nSPS) is 21.1. The molecule has 8 nitrogen and oxygen atoms in total. The van der Waals surface area contributed by atoms with E-state index in [1.54, 1.807) is 18.2 Å². The summed E-state index contributed by atoms with van der Waals surface area (Å²) >= 11 is 8.48. The first kappa shape index (κ1) is 27.7. The van der Waals surface area contributed by atoms with Crippen molar-refractivity contribution in [3.63, 3.8) is 0 Å². The number of ether oxygens (including phenoxy) is 2. The van der Waals surface area contributed by atoms with E-state index in [4.69, 9.17) is 21.7 Å². The second kappa shape index (κ2) is 11.2. The van der Waals surface area contributed by atoms with Crippen LogP contribution in [0.3, 0.4) is 0 Å². The number of amides is 1. The first-order valence-electron chi connectivity index (χ1n) is 11.0. The van der Waals surface area contributed by atoms with Crippen LogP contribution in [-0.4, -0.2) is 52.2 Å². The molecule has 1 aromatic heterocycles. The number of hydrogen-bond acceptors (Lipinski definition) is 6. The Kier molecular flexibility index (Phi) is 8.13. The van der Waals surface area contributed by atoms with Gasteiger partial charge in [0.15, 0.2) is 11.2 Å². The van der Waals surface area contributed by atoms with E-state index >= 15 is 4.39 Å². The Morgan fingerprint density at radius 3 is 2.63 bits per heavy atom. The number of imidazole rings is 1. The van der Waals surface area contributed by atoms with E-state index in [0.717, 1.165) is 17.0 Å². The molecule has 0 bridgehead atoms. The highest BCUT2D eigenvalue weighted by atomic mass is 79.9. The highest BCUT2D eigenvalue weighted by molar-refractivity contribution is 9.10. The van der Waals surface area contributed by atoms with E-state index < -0.39 is 54.8 Å². The number of rotatable bonds is 5. The lowest BCUT2D eigenvalue weighted by molar-refractivity contribution is -0.219. The molecule has 1 fully saturated rings. The molecular weight excluding hydrogens is 596 g/mol. The van der Waals surface area contributed by atoms with Crippen LogP contribution in [0.15, 0.2) is 71.7 Å². The zero-order valence-electron chi connectivity index (χ0n) is 19.2. The summed E-state index contributed by atoms with van der Waals surface area (Å²) in [6, 6.07) is 11.7. The van der Waals surface area contributed by atoms with Crippen LogP contribution in [0.2, 0.25) is 0 Å². The molecule has 3 aromatic rings. The Hall–Kier alpha value is -3.36. The van der Waals surface area contributed by atoms with Crippen molar-refractivity contribution in [2.75, 3.05) is 13.2 Å². The molecule has 2 heterocycles. The minimum Gasteiger partial charge on any atom is -0.448 e. The summed E-state index contributed by atoms with van der Waals surface area (Å²) in [5, 5.41) is 4.72. The number of thiocarbonyl (C=S) groups is 1. The quantitative estimate of drug-likeness (QED) is 0.322. The highest BCUT2D eigenvalue weighted by Crippen LogP contribution is 2.46. The number of halogens is 5. The third kappa shape index (κ3) is 5.87. The van der Waals surface area contributed by atoms with Crippen LogP contribution in [0.5, 0.6) is 0 Å². The predicted octanol–water partition coefficient (Wildman–Crippen LogP) is 4.55. The summed E-state index contributed by atoms with van der Waals surface area (Å²) in [6.45, 7) is -1.55. The number of carbonyl (C=O) groups is 2. The van der Waals surface area contributed by atoms with Gasteiger partial charge in [-0.2, -0.15) is 13.2 Å². The molecule has 1 aliphatic heterocycles. The van der Waals surface area contributed by atoms with E-state index in [2.05, 4.69) is 31.5 Å². The van der Waals surface area contributed by atoms with Crippen molar-refractivity contribution in [1.82, 2.24) is 20.2 Å². The van der Waals surface area contributed by atoms with Crippen LogP contribution in [0.25, 0.3) is 0 Å². The fourth-order valence-electron chi connectivity index (χ4n) is 4.17. The van der Waals surface area contributed by atoms with Gasteiger partial charge in [0.1, 0.15) is 18.8 Å². The summed E-state index contributed by atoms with van der Waals surface area (Å²) in [4.78, 5) is 28.7. The Morgan fingerprint density at radius 2 is 1.97 bits per heavy atom. The van der Waals surface area contributed by atoms with Crippen LogP contribution in [0.1, 0.15) is 15.9 Å². The van der Waals surface area contributed by atoms with Gasteiger partial charge in [-0.1, -0.05) is 34.1 Å². The van der Waals surface area contributed by atoms with Gasteiger partial charge in [0.05, 0.1) is 18.1 Å². The molecule has 14 heteroatoms. The largest absolute Gasteiger partial charge is 0.448 e. The minimum absolute atomic E-state index is 0.237. The van der Waals surface area contributed by atoms with Gasteiger partial charge in [0.25, 0.3) is 5.91 Å². The average Bonchev–Trinajstić information content (AvgIpc) is 3.53. The number of hydrogen-bond donors (Lipinski definition) is 2. The fourth-order valence-corrected chi connectivity index (χ4v) is 4.81. The lowest BCUT2D eigenvalue weighted by atomic mass is 9.77. The Bertz CT molecular complexity index is 1330. The molecule has 38 heavy (non-hydrogen) atoms. The molecule has 0 aliphatic carbocycles. The second-order valence-electron chi connectivity index (χ2n) is 8.30. The number of benzene rings is 2. The molecule has 0 radical (unpaired) electrons. The molecule has 0 unspecified atom stereocenters. The van der Waals surface area contributed by atoms with Crippen molar-refractivity contribution in [2.24, 2.45) is 5.92 Å². The average molecular weight is 615 g/mol. The zero-order chi connectivity index (χ0) is 27.5. The maximum Gasteiger partial charge on any atom is 0.419 e. The van der Waals surface area contributed by atoms with Crippen LogP contribution < -0.4 is 10.6 Å². The van der Waals surface area contributed by atoms with Crippen LogP contribution in [-0.2, 0) is 15.0 Å². The zero-order valence-corrected chi connectivity index (χ0v) is 21.6. The molecule has 1 amide bonds. The topological polar surface area (TPSA) is 94.5 Å². The first-order valence-corrected chi connectivity index (χ1v) is 12.2. The van der Waals surface area contributed by atoms with E-state index in [9.17, 15) is 22.8 Å². The van der Waals surface area contributed by atoms with E-state index in [1.165, 1.54) is 36.7 Å². The molecule has 2 aromatic carbocycles. The van der Waals surface area contributed by atoms with Gasteiger partial charge in [0, 0.05) is 28.0 Å². The van der Waals surface area contributed by atoms with Gasteiger partial charge in [-0.05, 0) is 42.5 Å². The predicted molar refractivity (Wildman–Crippen MR) is 134 cm³/mol. The Morgan fingerprint density at radius 1 is 1.24 bits per heavy atom. The van der Waals surface area contributed by atoms with Gasteiger partial charge in [-0.3, -0.25) is 10.1 Å². The summed E-state index contributed by atoms with van der Waals surface area (Å²) < 4.78 is 69.1. The lowest BCUT2D eigenvalue weighted by Crippen LogP contribution is -2.58. The molecule has 3 atom stereocenters. The summed E-state index contributed by atoms with van der Waals surface area (Å²) in [7, 11) is 0. The standard InChI is InChI=1S/C24H19BrF4N4O4S/c25-15-6-7-18(26)16(10-15)23(32-21(38)31-20(34)14-4-2-1-3-5-14)12-37-19(24(27,28)29)17(23)11-36-22(35)33-9-8-30-13-33/h1-10,13,17,19H,11-12H2,(H2,31,32,34,38)/t17-,19+,23-/m1/s1. The summed E-state index contributed by atoms with van der Waals surface area (Å²) in [6.07, 6.45) is -4.72. The van der Waals surface area contributed by atoms with Gasteiger partial charge >= 0.3 is 12.3 Å². The fraction of sp³-hybridized carbons (Fsp3) is 0.250. The Labute approximate surface area is 227 Å². The number of aromatic nitrogens is 2. The van der Waals surface area contributed by atoms with E-state index in [0.29, 0.717) is 4.47 Å². The molecular formula is C24H19BrF4N4O4S. The Balaban J connectivity index is 1.71. The van der Waals surface area contributed by atoms with Gasteiger partial charge in [-0.25, -0.2) is 18.7 Å². The molecule has 1 aliphatic rings. The molecule has 4 rings (SSSR count). The van der Waals surface area contributed by atoms with E-state index in [1.807, 2.05) is 0 Å². The minimum atomic E-state index is -4.91. The maximum absolute atomic E-state index is 15.2. The van der Waals surface area contributed by atoms with Crippen molar-refractivity contribution >= 4 is 45.3 Å². The van der Waals surface area contributed by atoms with Crippen molar-refractivity contribution in [1.29, 1.82) is 0 Å². The third-order valence-corrected chi connectivity index (χ3v) is 6.62. The number of nitrogens with one attached hydrogen (secondary N) is 2. The maximum atomic E-state index is 15.2. The highest BCUT2D eigenvalue weighted by Gasteiger charge is 2.61. The number of nitrogens with zero attached hydrogens (tertiary/aromatic N) is 2. The molecule has 2 N–H and O–H groups in total. The number of carbonyl (C=O) groups excluding carboxylic acids is 2. The van der Waals surface area contributed by atoms with Crippen LogP contribution >= 0.6 is 28.1 Å². The molecule has 0 spiro atoms. The van der Waals surface area contributed by atoms with Crippen molar-refractivity contribution in [3.8, 4) is 0 Å². The smallest absolute Gasteiger partial charge is 0.419 e. The molecule has 200 valence electrons. The summed E-state index contributed by atoms with van der Waals surface area (Å²) in [5.74, 6) is -3.22. The summed E-state index contributed by atoms with van der Waals surface area (Å²) in [5.41, 5.74) is -2.00. The molecule has 1 saturated heterocycles. The van der Waals surface area contributed by atoms with Gasteiger partial charge in [0.2, 0.25) is 0 Å². The monoisotopic (exact) mass is 614 g/mol. The van der Waals surface area contributed by atoms with Gasteiger partial charge in [-0.15, -0.1) is 0 Å². The first-order chi connectivity index (χ1) is 18.0.